The Morgan fingerprint density at radius 2 is 1.74 bits per heavy atom. The van der Waals surface area contributed by atoms with Crippen molar-refractivity contribution in [1.29, 1.82) is 0 Å². The van der Waals surface area contributed by atoms with Crippen molar-refractivity contribution in [3.8, 4) is 0 Å². The van der Waals surface area contributed by atoms with Crippen molar-refractivity contribution in [1.82, 2.24) is 4.98 Å². The molecule has 0 saturated carbocycles. The minimum atomic E-state index is -1.24. The fourth-order valence-electron chi connectivity index (χ4n) is 2.41. The van der Waals surface area contributed by atoms with Crippen LogP contribution in [0, 0.1) is 5.41 Å². The van der Waals surface area contributed by atoms with Gasteiger partial charge in [0, 0.05) is 18.8 Å². The smallest absolute Gasteiger partial charge is 0.324 e. The number of rotatable bonds is 4. The van der Waals surface area contributed by atoms with Crippen LogP contribution >= 0.6 is 0 Å². The van der Waals surface area contributed by atoms with E-state index >= 15 is 0 Å². The van der Waals surface area contributed by atoms with Gasteiger partial charge in [-0.25, -0.2) is 0 Å². The van der Waals surface area contributed by atoms with E-state index in [2.05, 4.69) is 4.98 Å². The number of ether oxygens (including phenoxy) is 2. The molecule has 0 aromatic carbocycles. The molecule has 1 aliphatic rings. The highest BCUT2D eigenvalue weighted by atomic mass is 16.6. The summed E-state index contributed by atoms with van der Waals surface area (Å²) in [6.45, 7) is 3.93. The maximum atomic E-state index is 12.2. The summed E-state index contributed by atoms with van der Waals surface area (Å²) in [5, 5.41) is 0. The molecule has 0 radical (unpaired) electrons. The fraction of sp³-hybridized carbons (Fsp3) is 0.500. The minimum absolute atomic E-state index is 0.245. The molecule has 2 rings (SSSR count). The lowest BCUT2D eigenvalue weighted by Gasteiger charge is -2.23. The van der Waals surface area contributed by atoms with Crippen LogP contribution in [0.1, 0.15) is 25.0 Å². The standard InChI is InChI=1S/C14H17NO4/c1-3-18-12(16)14(13(17)19-4-2)7-10-5-6-15-9-11(10)8-14/h5-6,9H,3-4,7-8H2,1-2H3. The van der Waals surface area contributed by atoms with Crippen LogP contribution in [0.5, 0.6) is 0 Å². The zero-order chi connectivity index (χ0) is 13.9. The molecule has 1 aromatic heterocycles. The van der Waals surface area contributed by atoms with Gasteiger partial charge in [0.1, 0.15) is 0 Å². The Labute approximate surface area is 111 Å². The van der Waals surface area contributed by atoms with Gasteiger partial charge < -0.3 is 9.47 Å². The van der Waals surface area contributed by atoms with Crippen LogP contribution in [-0.2, 0) is 31.9 Å². The highest BCUT2D eigenvalue weighted by Gasteiger charge is 2.52. The van der Waals surface area contributed by atoms with Gasteiger partial charge in [0.05, 0.1) is 13.2 Å². The summed E-state index contributed by atoms with van der Waals surface area (Å²) in [6, 6.07) is 1.83. The van der Waals surface area contributed by atoms with Gasteiger partial charge in [-0.05, 0) is 37.5 Å². The molecule has 0 atom stereocenters. The molecule has 5 heteroatoms. The molecule has 1 heterocycles. The number of fused-ring (bicyclic) bond motifs is 1. The van der Waals surface area contributed by atoms with Crippen molar-refractivity contribution in [3.05, 3.63) is 29.6 Å². The molecule has 0 spiro atoms. The van der Waals surface area contributed by atoms with Crippen LogP contribution in [-0.4, -0.2) is 30.1 Å². The number of hydrogen-bond acceptors (Lipinski definition) is 5. The molecule has 0 N–H and O–H groups in total. The van der Waals surface area contributed by atoms with Gasteiger partial charge in [-0.3, -0.25) is 14.6 Å². The van der Waals surface area contributed by atoms with Gasteiger partial charge in [-0.1, -0.05) is 0 Å². The van der Waals surface area contributed by atoms with E-state index in [0.29, 0.717) is 12.8 Å². The number of esters is 2. The van der Waals surface area contributed by atoms with Gasteiger partial charge in [0.15, 0.2) is 5.41 Å². The summed E-state index contributed by atoms with van der Waals surface area (Å²) in [5.41, 5.74) is 0.622. The molecule has 0 amide bonds. The fourth-order valence-corrected chi connectivity index (χ4v) is 2.41. The lowest BCUT2D eigenvalue weighted by molar-refractivity contribution is -0.171. The van der Waals surface area contributed by atoms with Gasteiger partial charge in [-0.15, -0.1) is 0 Å². The summed E-state index contributed by atoms with van der Waals surface area (Å²) in [6.07, 6.45) is 3.97. The normalized spacial score (nSPS) is 15.7. The van der Waals surface area contributed by atoms with Crippen molar-refractivity contribution in [3.63, 3.8) is 0 Å². The Hall–Kier alpha value is -1.91. The second-order valence-electron chi connectivity index (χ2n) is 4.52. The highest BCUT2D eigenvalue weighted by Crippen LogP contribution is 2.39. The van der Waals surface area contributed by atoms with Crippen LogP contribution < -0.4 is 0 Å². The summed E-state index contributed by atoms with van der Waals surface area (Å²) in [5.74, 6) is -1.02. The Morgan fingerprint density at radius 3 is 2.26 bits per heavy atom. The van der Waals surface area contributed by atoms with E-state index in [1.165, 1.54) is 0 Å². The Balaban J connectivity index is 2.34. The molecule has 0 bridgehead atoms. The maximum absolute atomic E-state index is 12.2. The molecule has 0 aliphatic heterocycles. The first-order valence-electron chi connectivity index (χ1n) is 6.40. The molecular weight excluding hydrogens is 246 g/mol. The molecule has 1 aliphatic carbocycles. The van der Waals surface area contributed by atoms with Crippen molar-refractivity contribution in [2.45, 2.75) is 26.7 Å². The van der Waals surface area contributed by atoms with Crippen LogP contribution in [0.15, 0.2) is 18.5 Å². The van der Waals surface area contributed by atoms with E-state index in [1.807, 2.05) is 6.07 Å². The van der Waals surface area contributed by atoms with Gasteiger partial charge in [0.2, 0.25) is 0 Å². The molecule has 5 nitrogen and oxygen atoms in total. The SMILES string of the molecule is CCOC(=O)C1(C(=O)OCC)Cc2ccncc2C1. The largest absolute Gasteiger partial charge is 0.465 e. The monoisotopic (exact) mass is 263 g/mol. The minimum Gasteiger partial charge on any atom is -0.465 e. The molecular formula is C14H17NO4. The quantitative estimate of drug-likeness (QED) is 0.605. The average molecular weight is 263 g/mol. The first-order chi connectivity index (χ1) is 9.14. The Morgan fingerprint density at radius 1 is 1.16 bits per heavy atom. The second-order valence-corrected chi connectivity index (χ2v) is 4.52. The van der Waals surface area contributed by atoms with Crippen molar-refractivity contribution in [2.24, 2.45) is 5.41 Å². The second kappa shape index (κ2) is 5.38. The molecule has 0 fully saturated rings. The Kier molecular flexibility index (Phi) is 3.83. The van der Waals surface area contributed by atoms with E-state index in [0.717, 1.165) is 11.1 Å². The van der Waals surface area contributed by atoms with Gasteiger partial charge >= 0.3 is 11.9 Å². The van der Waals surface area contributed by atoms with Crippen LogP contribution in [0.25, 0.3) is 0 Å². The van der Waals surface area contributed by atoms with Crippen LogP contribution in [0.3, 0.4) is 0 Å². The molecule has 0 saturated heterocycles. The first kappa shape index (κ1) is 13.5. The topological polar surface area (TPSA) is 65.5 Å². The summed E-state index contributed by atoms with van der Waals surface area (Å²) in [7, 11) is 0. The average Bonchev–Trinajstić information content (AvgIpc) is 2.80. The number of nitrogens with zero attached hydrogens (tertiary/aromatic N) is 1. The summed E-state index contributed by atoms with van der Waals surface area (Å²) in [4.78, 5) is 28.4. The van der Waals surface area contributed by atoms with E-state index < -0.39 is 17.4 Å². The lowest BCUT2D eigenvalue weighted by Crippen LogP contribution is -2.43. The predicted octanol–water partition coefficient (Wildman–Crippen LogP) is 1.29. The van der Waals surface area contributed by atoms with Gasteiger partial charge in [0.25, 0.3) is 0 Å². The zero-order valence-electron chi connectivity index (χ0n) is 11.1. The lowest BCUT2D eigenvalue weighted by atomic mass is 9.85. The third kappa shape index (κ3) is 2.32. The van der Waals surface area contributed by atoms with Crippen LogP contribution in [0.2, 0.25) is 0 Å². The van der Waals surface area contributed by atoms with E-state index in [-0.39, 0.29) is 13.2 Å². The van der Waals surface area contributed by atoms with Crippen molar-refractivity contribution >= 4 is 11.9 Å². The molecule has 19 heavy (non-hydrogen) atoms. The Bertz CT molecular complexity index is 453. The summed E-state index contributed by atoms with van der Waals surface area (Å²) < 4.78 is 10.1. The van der Waals surface area contributed by atoms with Crippen LogP contribution in [0.4, 0.5) is 0 Å². The third-order valence-corrected chi connectivity index (χ3v) is 3.32. The van der Waals surface area contributed by atoms with E-state index in [1.54, 1.807) is 26.2 Å². The number of carbonyl (C=O) groups is 2. The summed E-state index contributed by atoms with van der Waals surface area (Å²) >= 11 is 0. The molecule has 102 valence electrons. The van der Waals surface area contributed by atoms with Crippen molar-refractivity contribution < 1.29 is 19.1 Å². The maximum Gasteiger partial charge on any atom is 0.324 e. The highest BCUT2D eigenvalue weighted by molar-refractivity contribution is 6.01. The predicted molar refractivity (Wildman–Crippen MR) is 67.3 cm³/mol. The number of carbonyl (C=O) groups excluding carboxylic acids is 2. The van der Waals surface area contributed by atoms with Crippen molar-refractivity contribution in [2.75, 3.05) is 13.2 Å². The third-order valence-electron chi connectivity index (χ3n) is 3.32. The number of hydrogen-bond donors (Lipinski definition) is 0. The molecule has 0 unspecified atom stereocenters. The molecule has 1 aromatic rings. The van der Waals surface area contributed by atoms with E-state index in [9.17, 15) is 9.59 Å². The van der Waals surface area contributed by atoms with E-state index in [4.69, 9.17) is 9.47 Å². The van der Waals surface area contributed by atoms with Gasteiger partial charge in [-0.2, -0.15) is 0 Å². The zero-order valence-corrected chi connectivity index (χ0v) is 11.1. The first-order valence-corrected chi connectivity index (χ1v) is 6.40. The number of aromatic nitrogens is 1. The number of pyridine rings is 1.